The normalized spacial score (nSPS) is 13.4. The van der Waals surface area contributed by atoms with E-state index in [1.54, 1.807) is 0 Å². The van der Waals surface area contributed by atoms with E-state index in [-0.39, 0.29) is 0 Å². The van der Waals surface area contributed by atoms with Crippen LogP contribution in [-0.4, -0.2) is 30.8 Å². The molecule has 0 heterocycles. The van der Waals surface area contributed by atoms with E-state index >= 15 is 0 Å². The zero-order chi connectivity index (χ0) is 14.6. The summed E-state index contributed by atoms with van der Waals surface area (Å²) in [5, 5.41) is 13.2. The first-order valence-corrected chi connectivity index (χ1v) is 7.52. The fourth-order valence-electron chi connectivity index (χ4n) is 2.07. The lowest BCUT2D eigenvalue weighted by molar-refractivity contribution is 0.0876. The van der Waals surface area contributed by atoms with Crippen LogP contribution in [0.1, 0.15) is 39.3 Å². The SMILES string of the molecule is CCN(CC(C)(C)O)c1ccc(C(C)NC)c(Br)c1. The van der Waals surface area contributed by atoms with Gasteiger partial charge < -0.3 is 15.3 Å². The minimum atomic E-state index is -0.695. The molecular formula is C15H25BrN2O. The van der Waals surface area contributed by atoms with Crippen LogP contribution < -0.4 is 10.2 Å². The van der Waals surface area contributed by atoms with E-state index in [1.165, 1.54) is 5.56 Å². The summed E-state index contributed by atoms with van der Waals surface area (Å²) in [6.07, 6.45) is 0. The summed E-state index contributed by atoms with van der Waals surface area (Å²) < 4.78 is 1.10. The van der Waals surface area contributed by atoms with Crippen LogP contribution in [0.5, 0.6) is 0 Å². The third-order valence-electron chi connectivity index (χ3n) is 3.21. The molecule has 0 saturated carbocycles. The largest absolute Gasteiger partial charge is 0.389 e. The highest BCUT2D eigenvalue weighted by Gasteiger charge is 2.18. The molecule has 0 aliphatic carbocycles. The summed E-state index contributed by atoms with van der Waals surface area (Å²) >= 11 is 3.64. The summed E-state index contributed by atoms with van der Waals surface area (Å²) in [6.45, 7) is 9.40. The van der Waals surface area contributed by atoms with Crippen molar-refractivity contribution in [2.75, 3.05) is 25.0 Å². The third-order valence-corrected chi connectivity index (χ3v) is 3.89. The van der Waals surface area contributed by atoms with Gasteiger partial charge in [-0.3, -0.25) is 0 Å². The van der Waals surface area contributed by atoms with Gasteiger partial charge in [0.1, 0.15) is 0 Å². The average Bonchev–Trinajstić information content (AvgIpc) is 2.33. The lowest BCUT2D eigenvalue weighted by atomic mass is 10.1. The van der Waals surface area contributed by atoms with Crippen LogP contribution >= 0.6 is 15.9 Å². The maximum atomic E-state index is 9.97. The average molecular weight is 329 g/mol. The van der Waals surface area contributed by atoms with Gasteiger partial charge >= 0.3 is 0 Å². The van der Waals surface area contributed by atoms with Gasteiger partial charge in [-0.05, 0) is 52.4 Å². The van der Waals surface area contributed by atoms with Gasteiger partial charge in [-0.25, -0.2) is 0 Å². The molecule has 19 heavy (non-hydrogen) atoms. The topological polar surface area (TPSA) is 35.5 Å². The molecule has 0 bridgehead atoms. The molecule has 0 fully saturated rings. The van der Waals surface area contributed by atoms with Gasteiger partial charge in [0.15, 0.2) is 0 Å². The third kappa shape index (κ3) is 4.79. The Hall–Kier alpha value is -0.580. The summed E-state index contributed by atoms with van der Waals surface area (Å²) in [4.78, 5) is 2.18. The van der Waals surface area contributed by atoms with Gasteiger partial charge in [-0.15, -0.1) is 0 Å². The van der Waals surface area contributed by atoms with Gasteiger partial charge in [-0.2, -0.15) is 0 Å². The predicted octanol–water partition coefficient (Wildman–Crippen LogP) is 3.33. The summed E-state index contributed by atoms with van der Waals surface area (Å²) in [5.41, 5.74) is 1.67. The van der Waals surface area contributed by atoms with Crippen LogP contribution in [0.15, 0.2) is 22.7 Å². The Balaban J connectivity index is 2.98. The second kappa shape index (κ2) is 6.73. The van der Waals surface area contributed by atoms with Crippen LogP contribution in [0.2, 0.25) is 0 Å². The van der Waals surface area contributed by atoms with E-state index in [0.29, 0.717) is 12.6 Å². The number of hydrogen-bond donors (Lipinski definition) is 2. The van der Waals surface area contributed by atoms with E-state index in [9.17, 15) is 5.11 Å². The van der Waals surface area contributed by atoms with Crippen molar-refractivity contribution in [1.29, 1.82) is 0 Å². The van der Waals surface area contributed by atoms with Gasteiger partial charge in [0.2, 0.25) is 0 Å². The molecule has 1 rings (SSSR count). The zero-order valence-corrected chi connectivity index (χ0v) is 14.1. The molecule has 0 saturated heterocycles. The molecule has 1 atom stereocenters. The molecular weight excluding hydrogens is 304 g/mol. The summed E-state index contributed by atoms with van der Waals surface area (Å²) in [7, 11) is 1.96. The van der Waals surface area contributed by atoms with E-state index in [0.717, 1.165) is 16.7 Å². The van der Waals surface area contributed by atoms with Crippen LogP contribution in [-0.2, 0) is 0 Å². The monoisotopic (exact) mass is 328 g/mol. The minimum absolute atomic E-state index is 0.313. The minimum Gasteiger partial charge on any atom is -0.389 e. The van der Waals surface area contributed by atoms with Crippen molar-refractivity contribution in [2.24, 2.45) is 0 Å². The molecule has 0 amide bonds. The maximum Gasteiger partial charge on any atom is 0.0765 e. The molecule has 0 aliphatic heterocycles. The molecule has 1 aromatic carbocycles. The summed E-state index contributed by atoms with van der Waals surface area (Å²) in [6, 6.07) is 6.68. The number of benzene rings is 1. The Morgan fingerprint density at radius 2 is 2.05 bits per heavy atom. The standard InChI is InChI=1S/C15H25BrN2O/c1-6-18(10-15(3,4)19)12-7-8-13(11(2)17-5)14(16)9-12/h7-9,11,17,19H,6,10H2,1-5H3. The second-order valence-electron chi connectivity index (χ2n) is 5.54. The first-order valence-electron chi connectivity index (χ1n) is 6.72. The molecule has 1 aromatic rings. The van der Waals surface area contributed by atoms with E-state index in [1.807, 2.05) is 20.9 Å². The number of aliphatic hydroxyl groups is 1. The molecule has 0 aromatic heterocycles. The maximum absolute atomic E-state index is 9.97. The molecule has 4 heteroatoms. The van der Waals surface area contributed by atoms with E-state index in [2.05, 4.69) is 58.2 Å². The van der Waals surface area contributed by atoms with Crippen molar-refractivity contribution < 1.29 is 5.11 Å². The predicted molar refractivity (Wildman–Crippen MR) is 85.8 cm³/mol. The highest BCUT2D eigenvalue weighted by molar-refractivity contribution is 9.10. The van der Waals surface area contributed by atoms with Gasteiger partial charge in [-0.1, -0.05) is 22.0 Å². The highest BCUT2D eigenvalue weighted by atomic mass is 79.9. The lowest BCUT2D eigenvalue weighted by Gasteiger charge is -2.30. The number of likely N-dealkylation sites (N-methyl/N-ethyl adjacent to an activating group) is 1. The zero-order valence-electron chi connectivity index (χ0n) is 12.5. The number of halogens is 1. The molecule has 2 N–H and O–H groups in total. The number of nitrogens with zero attached hydrogens (tertiary/aromatic N) is 1. The lowest BCUT2D eigenvalue weighted by Crippen LogP contribution is -2.38. The first-order chi connectivity index (χ1) is 8.78. The van der Waals surface area contributed by atoms with Crippen molar-refractivity contribution in [3.05, 3.63) is 28.2 Å². The van der Waals surface area contributed by atoms with Gasteiger partial charge in [0, 0.05) is 29.3 Å². The van der Waals surface area contributed by atoms with Crippen molar-refractivity contribution in [2.45, 2.75) is 39.3 Å². The quantitative estimate of drug-likeness (QED) is 0.840. The number of nitrogens with one attached hydrogen (secondary N) is 1. The Bertz CT molecular complexity index is 415. The fourth-order valence-corrected chi connectivity index (χ4v) is 2.78. The van der Waals surface area contributed by atoms with Crippen molar-refractivity contribution in [3.63, 3.8) is 0 Å². The van der Waals surface area contributed by atoms with Crippen molar-refractivity contribution in [1.82, 2.24) is 5.32 Å². The molecule has 3 nitrogen and oxygen atoms in total. The van der Waals surface area contributed by atoms with Crippen molar-refractivity contribution >= 4 is 21.6 Å². The van der Waals surface area contributed by atoms with E-state index < -0.39 is 5.60 Å². The van der Waals surface area contributed by atoms with Crippen LogP contribution in [0.25, 0.3) is 0 Å². The summed E-state index contributed by atoms with van der Waals surface area (Å²) in [5.74, 6) is 0. The second-order valence-corrected chi connectivity index (χ2v) is 6.40. The molecule has 0 aliphatic rings. The van der Waals surface area contributed by atoms with Gasteiger partial charge in [0.25, 0.3) is 0 Å². The smallest absolute Gasteiger partial charge is 0.0765 e. The fraction of sp³-hybridized carbons (Fsp3) is 0.600. The Labute approximate surface area is 125 Å². The first kappa shape index (κ1) is 16.5. The number of rotatable bonds is 6. The van der Waals surface area contributed by atoms with Crippen LogP contribution in [0, 0.1) is 0 Å². The number of anilines is 1. The molecule has 1 unspecified atom stereocenters. The highest BCUT2D eigenvalue weighted by Crippen LogP contribution is 2.28. The van der Waals surface area contributed by atoms with Gasteiger partial charge in [0.05, 0.1) is 5.60 Å². The Morgan fingerprint density at radius 3 is 2.47 bits per heavy atom. The molecule has 0 radical (unpaired) electrons. The molecule has 0 spiro atoms. The molecule has 108 valence electrons. The Kier molecular flexibility index (Phi) is 5.83. The van der Waals surface area contributed by atoms with Crippen LogP contribution in [0.4, 0.5) is 5.69 Å². The Morgan fingerprint density at radius 1 is 1.42 bits per heavy atom. The van der Waals surface area contributed by atoms with Crippen molar-refractivity contribution in [3.8, 4) is 0 Å². The van der Waals surface area contributed by atoms with E-state index in [4.69, 9.17) is 0 Å². The van der Waals surface area contributed by atoms with Crippen LogP contribution in [0.3, 0.4) is 0 Å². The number of hydrogen-bond acceptors (Lipinski definition) is 3.